The maximum Gasteiger partial charge on any atom is 0.431 e. The Kier molecular flexibility index (Phi) is 4.58. The van der Waals surface area contributed by atoms with Crippen LogP contribution >= 0.6 is 0 Å². The van der Waals surface area contributed by atoms with Gasteiger partial charge in [-0.05, 0) is 17.5 Å². The smallest absolute Gasteiger partial charge is 0.394 e. The zero-order valence-corrected chi connectivity index (χ0v) is 10.4. The summed E-state index contributed by atoms with van der Waals surface area (Å²) in [6.07, 6.45) is -4.16. The van der Waals surface area contributed by atoms with Crippen molar-refractivity contribution in [3.63, 3.8) is 0 Å². The number of hydrogen-bond acceptors (Lipinski definition) is 2. The molecule has 0 saturated carbocycles. The largest absolute Gasteiger partial charge is 0.431 e. The molecule has 0 aliphatic heterocycles. The molecule has 0 bridgehead atoms. The van der Waals surface area contributed by atoms with Crippen LogP contribution in [0.1, 0.15) is 18.1 Å². The molecule has 0 aliphatic rings. The first kappa shape index (κ1) is 15.1. The summed E-state index contributed by atoms with van der Waals surface area (Å²) >= 11 is 0. The standard InChI is InChI=1S/C13H15F3N2O/c1-2-8-3-5-9(6-4-8)7-10(12(18)19)11(17)13(14,15)16/h3-6H,2,7,17H2,1H3,(H2,18,19)/b11-10-. The minimum atomic E-state index is -4.76. The van der Waals surface area contributed by atoms with E-state index >= 15 is 0 Å². The highest BCUT2D eigenvalue weighted by Crippen LogP contribution is 2.25. The highest BCUT2D eigenvalue weighted by molar-refractivity contribution is 5.93. The van der Waals surface area contributed by atoms with Gasteiger partial charge in [0.1, 0.15) is 5.70 Å². The van der Waals surface area contributed by atoms with E-state index in [0.717, 1.165) is 12.0 Å². The quantitative estimate of drug-likeness (QED) is 0.824. The molecular formula is C13H15F3N2O. The van der Waals surface area contributed by atoms with E-state index in [4.69, 9.17) is 11.5 Å². The van der Waals surface area contributed by atoms with E-state index in [1.807, 2.05) is 6.92 Å². The molecule has 0 fully saturated rings. The van der Waals surface area contributed by atoms with E-state index in [1.165, 1.54) is 0 Å². The molecule has 104 valence electrons. The second-order valence-corrected chi connectivity index (χ2v) is 4.10. The summed E-state index contributed by atoms with van der Waals surface area (Å²) < 4.78 is 37.5. The number of aryl methyl sites for hydroxylation is 1. The van der Waals surface area contributed by atoms with Crippen LogP contribution in [0.25, 0.3) is 0 Å². The molecule has 0 saturated heterocycles. The molecule has 1 aromatic carbocycles. The Morgan fingerprint density at radius 3 is 1.95 bits per heavy atom. The van der Waals surface area contributed by atoms with E-state index in [0.29, 0.717) is 5.56 Å². The average Bonchev–Trinajstić information content (AvgIpc) is 2.34. The van der Waals surface area contributed by atoms with Crippen LogP contribution in [0.4, 0.5) is 13.2 Å². The van der Waals surface area contributed by atoms with Crippen LogP contribution in [0.15, 0.2) is 35.5 Å². The van der Waals surface area contributed by atoms with E-state index in [1.54, 1.807) is 24.3 Å². The molecule has 0 radical (unpaired) electrons. The second kappa shape index (κ2) is 5.77. The van der Waals surface area contributed by atoms with Crippen LogP contribution in [0, 0.1) is 0 Å². The summed E-state index contributed by atoms with van der Waals surface area (Å²) in [5.74, 6) is -1.16. The van der Waals surface area contributed by atoms with Gasteiger partial charge in [0.25, 0.3) is 0 Å². The number of allylic oxidation sites excluding steroid dienone is 1. The molecule has 4 N–H and O–H groups in total. The number of carbonyl (C=O) groups excluding carboxylic acids is 1. The Hall–Kier alpha value is -1.98. The summed E-state index contributed by atoms with van der Waals surface area (Å²) in [6.45, 7) is 1.96. The summed E-state index contributed by atoms with van der Waals surface area (Å²) in [4.78, 5) is 11.1. The molecule has 1 rings (SSSR count). The Bertz CT molecular complexity index is 490. The lowest BCUT2D eigenvalue weighted by Gasteiger charge is -2.12. The molecule has 19 heavy (non-hydrogen) atoms. The minimum Gasteiger partial charge on any atom is -0.394 e. The van der Waals surface area contributed by atoms with Crippen molar-refractivity contribution in [2.75, 3.05) is 0 Å². The fourth-order valence-electron chi connectivity index (χ4n) is 1.58. The number of hydrogen-bond donors (Lipinski definition) is 2. The third-order valence-electron chi connectivity index (χ3n) is 2.74. The summed E-state index contributed by atoms with van der Waals surface area (Å²) in [5, 5.41) is 0. The lowest BCUT2D eigenvalue weighted by atomic mass is 10.0. The van der Waals surface area contributed by atoms with E-state index < -0.39 is 23.4 Å². The minimum absolute atomic E-state index is 0.231. The molecule has 0 aliphatic carbocycles. The van der Waals surface area contributed by atoms with Crippen LogP contribution < -0.4 is 11.5 Å². The van der Waals surface area contributed by atoms with Gasteiger partial charge in [0.05, 0.1) is 0 Å². The summed E-state index contributed by atoms with van der Waals surface area (Å²) in [7, 11) is 0. The molecule has 6 heteroatoms. The van der Waals surface area contributed by atoms with Crippen molar-refractivity contribution in [1.82, 2.24) is 0 Å². The number of alkyl halides is 3. The number of rotatable bonds is 4. The highest BCUT2D eigenvalue weighted by atomic mass is 19.4. The van der Waals surface area contributed by atoms with Crippen molar-refractivity contribution in [2.45, 2.75) is 25.9 Å². The zero-order valence-electron chi connectivity index (χ0n) is 10.4. The van der Waals surface area contributed by atoms with Gasteiger partial charge in [0.15, 0.2) is 0 Å². The van der Waals surface area contributed by atoms with Crippen LogP contribution in [-0.2, 0) is 17.6 Å². The summed E-state index contributed by atoms with van der Waals surface area (Å²) in [5.41, 5.74) is 9.48. The Morgan fingerprint density at radius 1 is 1.11 bits per heavy atom. The fraction of sp³-hybridized carbons (Fsp3) is 0.308. The van der Waals surface area contributed by atoms with E-state index in [2.05, 4.69) is 0 Å². The number of amides is 1. The zero-order chi connectivity index (χ0) is 14.6. The Morgan fingerprint density at radius 2 is 1.58 bits per heavy atom. The SMILES string of the molecule is CCc1ccc(C/C(C(N)=O)=C(/N)C(F)(F)F)cc1. The van der Waals surface area contributed by atoms with Gasteiger partial charge >= 0.3 is 6.18 Å². The molecule has 1 amide bonds. The van der Waals surface area contributed by atoms with Crippen LogP contribution in [-0.4, -0.2) is 12.1 Å². The van der Waals surface area contributed by atoms with Crippen molar-refractivity contribution >= 4 is 5.91 Å². The predicted molar refractivity (Wildman–Crippen MR) is 66.0 cm³/mol. The number of benzene rings is 1. The summed E-state index contributed by atoms with van der Waals surface area (Å²) in [6, 6.07) is 6.90. The molecule has 3 nitrogen and oxygen atoms in total. The monoisotopic (exact) mass is 272 g/mol. The van der Waals surface area contributed by atoms with Gasteiger partial charge in [-0.1, -0.05) is 31.2 Å². The average molecular weight is 272 g/mol. The highest BCUT2D eigenvalue weighted by Gasteiger charge is 2.35. The van der Waals surface area contributed by atoms with Crippen molar-refractivity contribution in [3.8, 4) is 0 Å². The number of primary amides is 1. The van der Waals surface area contributed by atoms with Crippen molar-refractivity contribution in [1.29, 1.82) is 0 Å². The van der Waals surface area contributed by atoms with Crippen LogP contribution in [0.5, 0.6) is 0 Å². The van der Waals surface area contributed by atoms with E-state index in [-0.39, 0.29) is 6.42 Å². The van der Waals surface area contributed by atoms with Gasteiger partial charge in [-0.15, -0.1) is 0 Å². The lowest BCUT2D eigenvalue weighted by Crippen LogP contribution is -2.28. The second-order valence-electron chi connectivity index (χ2n) is 4.10. The number of nitrogens with two attached hydrogens (primary N) is 2. The first-order chi connectivity index (χ1) is 8.75. The normalized spacial score (nSPS) is 13.1. The van der Waals surface area contributed by atoms with Gasteiger partial charge in [-0.2, -0.15) is 13.2 Å². The first-order valence-electron chi connectivity index (χ1n) is 5.69. The van der Waals surface area contributed by atoms with Gasteiger partial charge < -0.3 is 11.5 Å². The van der Waals surface area contributed by atoms with Crippen LogP contribution in [0.2, 0.25) is 0 Å². The van der Waals surface area contributed by atoms with Gasteiger partial charge in [-0.25, -0.2) is 0 Å². The predicted octanol–water partition coefficient (Wildman–Crippen LogP) is 2.05. The van der Waals surface area contributed by atoms with Crippen LogP contribution in [0.3, 0.4) is 0 Å². The number of halogens is 3. The molecule has 0 unspecified atom stereocenters. The van der Waals surface area contributed by atoms with Crippen molar-refractivity contribution in [3.05, 3.63) is 46.7 Å². The fourth-order valence-corrected chi connectivity index (χ4v) is 1.58. The maximum atomic E-state index is 12.5. The van der Waals surface area contributed by atoms with Gasteiger partial charge in [0, 0.05) is 12.0 Å². The van der Waals surface area contributed by atoms with Crippen molar-refractivity contribution < 1.29 is 18.0 Å². The van der Waals surface area contributed by atoms with Crippen molar-refractivity contribution in [2.24, 2.45) is 11.5 Å². The molecule has 0 aromatic heterocycles. The first-order valence-corrected chi connectivity index (χ1v) is 5.69. The molecular weight excluding hydrogens is 257 g/mol. The third-order valence-corrected chi connectivity index (χ3v) is 2.74. The topological polar surface area (TPSA) is 69.1 Å². The molecule has 0 heterocycles. The lowest BCUT2D eigenvalue weighted by molar-refractivity contribution is -0.116. The van der Waals surface area contributed by atoms with Gasteiger partial charge in [-0.3, -0.25) is 4.79 Å². The number of carbonyl (C=O) groups is 1. The Balaban J connectivity index is 3.06. The van der Waals surface area contributed by atoms with Gasteiger partial charge in [0.2, 0.25) is 5.91 Å². The third kappa shape index (κ3) is 4.01. The van der Waals surface area contributed by atoms with E-state index in [9.17, 15) is 18.0 Å². The molecule has 0 atom stereocenters. The molecule has 1 aromatic rings. The maximum absolute atomic E-state index is 12.5. The molecule has 0 spiro atoms. The Labute approximate surface area is 109 Å².